The van der Waals surface area contributed by atoms with Gasteiger partial charge in [-0.05, 0) is 117 Å². The first-order chi connectivity index (χ1) is 20.7. The number of nitrogens with one attached hydrogen (secondary N) is 1. The molecule has 1 amide bonds. The molecule has 3 heteroatoms. The van der Waals surface area contributed by atoms with Gasteiger partial charge in [0.15, 0.2) is 0 Å². The highest BCUT2D eigenvalue weighted by Crippen LogP contribution is 2.67. The van der Waals surface area contributed by atoms with Gasteiger partial charge in [-0.3, -0.25) is 4.79 Å². The van der Waals surface area contributed by atoms with E-state index in [1.54, 1.807) is 5.57 Å². The fraction of sp³-hybridized carbons (Fsp3) is 0.925. The molecule has 8 atom stereocenters. The zero-order valence-corrected chi connectivity index (χ0v) is 29.5. The Kier molecular flexibility index (Phi) is 13.6. The Balaban J connectivity index is 1.17. The van der Waals surface area contributed by atoms with E-state index < -0.39 is 0 Å². The number of ether oxygens (including phenoxy) is 1. The first kappa shape index (κ1) is 35.0. The Morgan fingerprint density at radius 2 is 1.70 bits per heavy atom. The summed E-state index contributed by atoms with van der Waals surface area (Å²) in [6, 6.07) is 0. The number of carbonyl (C=O) groups is 1. The minimum atomic E-state index is 0.234. The lowest BCUT2D eigenvalue weighted by molar-refractivity contribution is -0.121. The fourth-order valence-corrected chi connectivity index (χ4v) is 10.7. The zero-order valence-electron chi connectivity index (χ0n) is 29.5. The summed E-state index contributed by atoms with van der Waals surface area (Å²) in [6.45, 7) is 16.7. The first-order valence-electron chi connectivity index (χ1n) is 19.3. The van der Waals surface area contributed by atoms with E-state index in [0.717, 1.165) is 80.8 Å². The van der Waals surface area contributed by atoms with E-state index in [-0.39, 0.29) is 5.91 Å². The standard InChI is InChI=1S/C40H71NO2/c1-7-8-9-10-13-27-41-38(42)18-12-11-14-28-43-33-23-25-39(5)32(29-33)19-20-34-36-22-21-35(31(4)17-15-16-30(2)3)40(36,6)26-24-37(34)39/h19,30-31,33-37H,7-18,20-29H2,1-6H3,(H,41,42)/t31-,33+,34?,35-,36+,37+,39+,40-/m1/s1. The number of amides is 1. The summed E-state index contributed by atoms with van der Waals surface area (Å²) in [6.07, 6.45) is 28.4. The normalized spacial score (nSPS) is 34.3. The van der Waals surface area contributed by atoms with Crippen LogP contribution in [-0.2, 0) is 9.53 Å². The highest BCUT2D eigenvalue weighted by atomic mass is 16.5. The molecule has 0 aliphatic heterocycles. The van der Waals surface area contributed by atoms with Crippen molar-refractivity contribution in [3.63, 3.8) is 0 Å². The van der Waals surface area contributed by atoms with Gasteiger partial charge in [-0.15, -0.1) is 0 Å². The topological polar surface area (TPSA) is 38.3 Å². The van der Waals surface area contributed by atoms with Crippen LogP contribution in [0.1, 0.15) is 170 Å². The molecule has 0 aromatic rings. The number of unbranched alkanes of at least 4 members (excludes halogenated alkanes) is 6. The van der Waals surface area contributed by atoms with Gasteiger partial charge in [-0.25, -0.2) is 0 Å². The molecular weight excluding hydrogens is 526 g/mol. The second-order valence-corrected chi connectivity index (χ2v) is 16.6. The maximum atomic E-state index is 12.1. The van der Waals surface area contributed by atoms with Crippen molar-refractivity contribution in [1.82, 2.24) is 5.32 Å². The van der Waals surface area contributed by atoms with E-state index in [4.69, 9.17) is 4.74 Å². The van der Waals surface area contributed by atoms with E-state index in [9.17, 15) is 4.79 Å². The lowest BCUT2D eigenvalue weighted by Gasteiger charge is -2.58. The molecule has 3 fully saturated rings. The molecule has 0 aromatic carbocycles. The van der Waals surface area contributed by atoms with Crippen LogP contribution in [0.2, 0.25) is 0 Å². The molecule has 3 saturated carbocycles. The summed E-state index contributed by atoms with van der Waals surface area (Å²) in [5.41, 5.74) is 2.74. The molecule has 4 aliphatic carbocycles. The smallest absolute Gasteiger partial charge is 0.219 e. The van der Waals surface area contributed by atoms with Gasteiger partial charge < -0.3 is 10.1 Å². The summed E-state index contributed by atoms with van der Waals surface area (Å²) in [5.74, 6) is 5.67. The number of fused-ring (bicyclic) bond motifs is 5. The number of rotatable bonds is 18. The van der Waals surface area contributed by atoms with Crippen molar-refractivity contribution in [3.8, 4) is 0 Å². The van der Waals surface area contributed by atoms with Crippen molar-refractivity contribution in [2.75, 3.05) is 13.2 Å². The molecule has 248 valence electrons. The summed E-state index contributed by atoms with van der Waals surface area (Å²) in [5, 5.41) is 3.11. The maximum Gasteiger partial charge on any atom is 0.219 e. The molecule has 4 aliphatic rings. The Bertz CT molecular complexity index is 880. The third-order valence-electron chi connectivity index (χ3n) is 13.3. The molecule has 43 heavy (non-hydrogen) atoms. The van der Waals surface area contributed by atoms with Crippen LogP contribution in [0.3, 0.4) is 0 Å². The molecule has 0 heterocycles. The van der Waals surface area contributed by atoms with Gasteiger partial charge in [0, 0.05) is 19.6 Å². The number of hydrogen-bond acceptors (Lipinski definition) is 2. The van der Waals surface area contributed by atoms with Gasteiger partial charge >= 0.3 is 0 Å². The SMILES string of the molecule is CCCCCCCNC(=O)CCCCCO[C@H]1CC[C@@]2(C)C(=CCC3[C@@H]4CC[C@H]([C@H](C)CCCC(C)C)[C@@]4(C)CC[C@@H]32)C1. The van der Waals surface area contributed by atoms with E-state index in [2.05, 4.69) is 52.9 Å². The molecular formula is C40H71NO2. The van der Waals surface area contributed by atoms with Crippen LogP contribution in [0.5, 0.6) is 0 Å². The Hall–Kier alpha value is -0.830. The second-order valence-electron chi connectivity index (χ2n) is 16.6. The molecule has 1 N–H and O–H groups in total. The van der Waals surface area contributed by atoms with Gasteiger partial charge in [0.05, 0.1) is 6.10 Å². The van der Waals surface area contributed by atoms with E-state index in [0.29, 0.717) is 23.4 Å². The maximum absolute atomic E-state index is 12.1. The number of hydrogen-bond donors (Lipinski definition) is 1. The van der Waals surface area contributed by atoms with Crippen molar-refractivity contribution in [3.05, 3.63) is 11.6 Å². The molecule has 1 unspecified atom stereocenters. The van der Waals surface area contributed by atoms with Crippen LogP contribution in [0.25, 0.3) is 0 Å². The lowest BCUT2D eigenvalue weighted by Crippen LogP contribution is -2.51. The highest BCUT2D eigenvalue weighted by Gasteiger charge is 2.59. The fourth-order valence-electron chi connectivity index (χ4n) is 10.7. The van der Waals surface area contributed by atoms with Crippen molar-refractivity contribution in [2.24, 2.45) is 46.3 Å². The van der Waals surface area contributed by atoms with Gasteiger partial charge in [0.1, 0.15) is 0 Å². The number of allylic oxidation sites excluding steroid dienone is 1. The van der Waals surface area contributed by atoms with Gasteiger partial charge in [-0.1, -0.05) is 105 Å². The van der Waals surface area contributed by atoms with Gasteiger partial charge in [0.2, 0.25) is 5.91 Å². The van der Waals surface area contributed by atoms with Crippen LogP contribution < -0.4 is 5.32 Å². The Labute approximate surface area is 267 Å². The van der Waals surface area contributed by atoms with Crippen molar-refractivity contribution >= 4 is 5.91 Å². The first-order valence-corrected chi connectivity index (χ1v) is 19.3. The minimum absolute atomic E-state index is 0.234. The van der Waals surface area contributed by atoms with Gasteiger partial charge in [0.25, 0.3) is 0 Å². The van der Waals surface area contributed by atoms with Gasteiger partial charge in [-0.2, -0.15) is 0 Å². The van der Waals surface area contributed by atoms with E-state index in [1.165, 1.54) is 89.9 Å². The third-order valence-corrected chi connectivity index (χ3v) is 13.3. The predicted molar refractivity (Wildman–Crippen MR) is 183 cm³/mol. The minimum Gasteiger partial charge on any atom is -0.378 e. The lowest BCUT2D eigenvalue weighted by atomic mass is 9.47. The van der Waals surface area contributed by atoms with Crippen LogP contribution in [0.15, 0.2) is 11.6 Å². The van der Waals surface area contributed by atoms with Crippen molar-refractivity contribution in [2.45, 2.75) is 176 Å². The quantitative estimate of drug-likeness (QED) is 0.126. The van der Waals surface area contributed by atoms with Crippen LogP contribution >= 0.6 is 0 Å². The summed E-state index contributed by atoms with van der Waals surface area (Å²) in [7, 11) is 0. The molecule has 0 saturated heterocycles. The van der Waals surface area contributed by atoms with E-state index in [1.807, 2.05) is 0 Å². The van der Waals surface area contributed by atoms with Crippen LogP contribution in [-0.4, -0.2) is 25.2 Å². The number of carbonyl (C=O) groups excluding carboxylic acids is 1. The third kappa shape index (κ3) is 8.92. The summed E-state index contributed by atoms with van der Waals surface area (Å²) >= 11 is 0. The molecule has 0 aromatic heterocycles. The van der Waals surface area contributed by atoms with Crippen molar-refractivity contribution in [1.29, 1.82) is 0 Å². The predicted octanol–water partition coefficient (Wildman–Crippen LogP) is 11.1. The Morgan fingerprint density at radius 1 is 0.907 bits per heavy atom. The molecule has 0 bridgehead atoms. The summed E-state index contributed by atoms with van der Waals surface area (Å²) in [4.78, 5) is 12.1. The van der Waals surface area contributed by atoms with Crippen LogP contribution in [0.4, 0.5) is 0 Å². The van der Waals surface area contributed by atoms with E-state index >= 15 is 0 Å². The summed E-state index contributed by atoms with van der Waals surface area (Å²) < 4.78 is 6.46. The average Bonchev–Trinajstić information content (AvgIpc) is 3.33. The molecule has 0 radical (unpaired) electrons. The average molecular weight is 598 g/mol. The van der Waals surface area contributed by atoms with Crippen molar-refractivity contribution < 1.29 is 9.53 Å². The van der Waals surface area contributed by atoms with Crippen LogP contribution in [0, 0.1) is 46.3 Å². The largest absolute Gasteiger partial charge is 0.378 e. The Morgan fingerprint density at radius 3 is 2.49 bits per heavy atom. The second kappa shape index (κ2) is 16.6. The molecule has 0 spiro atoms. The molecule has 3 nitrogen and oxygen atoms in total. The zero-order chi connectivity index (χ0) is 30.9. The highest BCUT2D eigenvalue weighted by molar-refractivity contribution is 5.75. The molecule has 4 rings (SSSR count). The monoisotopic (exact) mass is 598 g/mol.